The minimum absolute atomic E-state index is 0.179. The van der Waals surface area contributed by atoms with Crippen molar-refractivity contribution < 1.29 is 4.79 Å². The van der Waals surface area contributed by atoms with Crippen LogP contribution in [0.25, 0.3) is 11.4 Å². The maximum Gasteiger partial charge on any atom is 0.230 e. The Morgan fingerprint density at radius 1 is 0.886 bits per heavy atom. The largest absolute Gasteiger partial charge is 0.326 e. The summed E-state index contributed by atoms with van der Waals surface area (Å²) in [6, 6.07) is 19.3. The number of nitrogens with zero attached hydrogens (tertiary/aromatic N) is 3. The predicted octanol–water partition coefficient (Wildman–Crippen LogP) is 6.15. The van der Waals surface area contributed by atoms with Crippen molar-refractivity contribution in [3.05, 3.63) is 66.0 Å². The summed E-state index contributed by atoms with van der Waals surface area (Å²) in [5.74, 6) is 3.63. The van der Waals surface area contributed by atoms with Crippen molar-refractivity contribution >= 4 is 11.6 Å². The third kappa shape index (κ3) is 3.54. The SMILES string of the molecule is O=C(Nc1ccc(-c2nnc3n2CCCCC3)cc1)C12C[C@@H]3C[C@@H](C1)CC(c1ccccc1)(C3)C2. The Morgan fingerprint density at radius 3 is 2.43 bits per heavy atom. The molecule has 1 N–H and O–H groups in total. The van der Waals surface area contributed by atoms with Gasteiger partial charge in [0.05, 0.1) is 5.41 Å². The van der Waals surface area contributed by atoms with Crippen molar-refractivity contribution in [3.63, 3.8) is 0 Å². The highest BCUT2D eigenvalue weighted by molar-refractivity contribution is 5.96. The summed E-state index contributed by atoms with van der Waals surface area (Å²) in [6.45, 7) is 0.990. The molecule has 2 atom stereocenters. The highest BCUT2D eigenvalue weighted by Gasteiger charge is 2.60. The fourth-order valence-corrected chi connectivity index (χ4v) is 8.32. The Labute approximate surface area is 207 Å². The molecule has 180 valence electrons. The zero-order valence-corrected chi connectivity index (χ0v) is 20.4. The molecule has 1 amide bonds. The quantitative estimate of drug-likeness (QED) is 0.502. The number of amides is 1. The van der Waals surface area contributed by atoms with Crippen LogP contribution >= 0.6 is 0 Å². The van der Waals surface area contributed by atoms with Gasteiger partial charge in [-0.1, -0.05) is 36.8 Å². The second-order valence-corrected chi connectivity index (χ2v) is 11.8. The standard InChI is InChI=1S/C30H34N4O/c35-28(30-18-21-15-22(19-30)17-29(16-21,20-30)24-7-3-1-4-8-24)31-25-12-10-23(11-13-25)27-33-32-26-9-5-2-6-14-34(26)27/h1,3-4,7-8,10-13,21-22H,2,5-6,9,14-20H2,(H,31,35)/t21-,22-,29?,30?/m1/s1. The van der Waals surface area contributed by atoms with Gasteiger partial charge < -0.3 is 9.88 Å². The molecule has 1 aliphatic heterocycles. The Balaban J connectivity index is 1.12. The second-order valence-electron chi connectivity index (χ2n) is 11.8. The third-order valence-corrected chi connectivity index (χ3v) is 9.44. The molecule has 2 heterocycles. The van der Waals surface area contributed by atoms with Crippen molar-refractivity contribution in [1.82, 2.24) is 14.8 Å². The lowest BCUT2D eigenvalue weighted by Crippen LogP contribution is -2.57. The van der Waals surface area contributed by atoms with E-state index in [0.717, 1.165) is 55.1 Å². The summed E-state index contributed by atoms with van der Waals surface area (Å²) in [6.07, 6.45) is 11.5. The van der Waals surface area contributed by atoms with Crippen LogP contribution in [0.3, 0.4) is 0 Å². The monoisotopic (exact) mass is 466 g/mol. The van der Waals surface area contributed by atoms with E-state index < -0.39 is 0 Å². The minimum Gasteiger partial charge on any atom is -0.326 e. The van der Waals surface area contributed by atoms with Gasteiger partial charge in [0.1, 0.15) is 5.82 Å². The van der Waals surface area contributed by atoms with Crippen LogP contribution in [0.2, 0.25) is 0 Å². The predicted molar refractivity (Wildman–Crippen MR) is 137 cm³/mol. The van der Waals surface area contributed by atoms with Gasteiger partial charge in [-0.05, 0) is 98.4 Å². The van der Waals surface area contributed by atoms with E-state index in [1.54, 1.807) is 0 Å². The van der Waals surface area contributed by atoms with Crippen LogP contribution in [0.5, 0.6) is 0 Å². The Morgan fingerprint density at radius 2 is 1.66 bits per heavy atom. The first-order valence-corrected chi connectivity index (χ1v) is 13.5. The molecule has 5 nitrogen and oxygen atoms in total. The molecule has 4 bridgehead atoms. The summed E-state index contributed by atoms with van der Waals surface area (Å²) in [7, 11) is 0. The van der Waals surface area contributed by atoms with Gasteiger partial charge in [-0.15, -0.1) is 10.2 Å². The second kappa shape index (κ2) is 8.04. The first kappa shape index (κ1) is 21.3. The number of hydrogen-bond donors (Lipinski definition) is 1. The molecule has 2 aromatic carbocycles. The van der Waals surface area contributed by atoms with Gasteiger partial charge in [-0.3, -0.25) is 4.79 Å². The van der Waals surface area contributed by atoms with Gasteiger partial charge in [-0.2, -0.15) is 0 Å². The average Bonchev–Trinajstić information content (AvgIpc) is 3.12. The first-order chi connectivity index (χ1) is 17.1. The van der Waals surface area contributed by atoms with Crippen molar-refractivity contribution in [1.29, 1.82) is 0 Å². The molecule has 0 radical (unpaired) electrons. The van der Waals surface area contributed by atoms with E-state index in [1.165, 1.54) is 44.1 Å². The molecular weight excluding hydrogens is 432 g/mol. The van der Waals surface area contributed by atoms with Crippen LogP contribution in [0.15, 0.2) is 54.6 Å². The number of aromatic nitrogens is 3. The average molecular weight is 467 g/mol. The summed E-state index contributed by atoms with van der Waals surface area (Å²) >= 11 is 0. The summed E-state index contributed by atoms with van der Waals surface area (Å²) in [4.78, 5) is 13.8. The molecule has 4 fully saturated rings. The molecule has 1 aromatic heterocycles. The van der Waals surface area contributed by atoms with Gasteiger partial charge in [0.2, 0.25) is 5.91 Å². The number of carbonyl (C=O) groups excluding carboxylic acids is 1. The van der Waals surface area contributed by atoms with E-state index >= 15 is 0 Å². The maximum atomic E-state index is 13.8. The number of benzene rings is 2. The van der Waals surface area contributed by atoms with E-state index in [1.807, 2.05) is 12.1 Å². The van der Waals surface area contributed by atoms with Gasteiger partial charge >= 0.3 is 0 Å². The van der Waals surface area contributed by atoms with Gasteiger partial charge in [0.25, 0.3) is 0 Å². The van der Waals surface area contributed by atoms with Crippen LogP contribution in [-0.2, 0) is 23.2 Å². The lowest BCUT2D eigenvalue weighted by atomic mass is 9.42. The first-order valence-electron chi connectivity index (χ1n) is 13.5. The zero-order valence-electron chi connectivity index (χ0n) is 20.4. The molecule has 4 aliphatic carbocycles. The van der Waals surface area contributed by atoms with Gasteiger partial charge in [-0.25, -0.2) is 0 Å². The van der Waals surface area contributed by atoms with Crippen LogP contribution < -0.4 is 5.32 Å². The normalized spacial score (nSPS) is 31.1. The number of rotatable bonds is 4. The van der Waals surface area contributed by atoms with Crippen molar-refractivity contribution in [2.24, 2.45) is 17.3 Å². The molecule has 0 spiro atoms. The summed E-state index contributed by atoms with van der Waals surface area (Å²) in [5, 5.41) is 12.3. The molecule has 4 saturated carbocycles. The van der Waals surface area contributed by atoms with Crippen molar-refractivity contribution in [3.8, 4) is 11.4 Å². The Bertz CT molecular complexity index is 1230. The van der Waals surface area contributed by atoms with E-state index in [9.17, 15) is 4.79 Å². The highest BCUT2D eigenvalue weighted by Crippen LogP contribution is 2.66. The Kier molecular flexibility index (Phi) is 4.90. The van der Waals surface area contributed by atoms with Crippen LogP contribution in [0, 0.1) is 17.3 Å². The van der Waals surface area contributed by atoms with Gasteiger partial charge in [0.15, 0.2) is 5.82 Å². The van der Waals surface area contributed by atoms with Crippen LogP contribution in [0.1, 0.15) is 69.2 Å². The molecule has 0 saturated heterocycles. The lowest BCUT2D eigenvalue weighted by molar-refractivity contribution is -0.143. The molecule has 35 heavy (non-hydrogen) atoms. The van der Waals surface area contributed by atoms with E-state index in [0.29, 0.717) is 11.8 Å². The summed E-state index contributed by atoms with van der Waals surface area (Å²) < 4.78 is 2.28. The third-order valence-electron chi connectivity index (χ3n) is 9.44. The fourth-order valence-electron chi connectivity index (χ4n) is 8.32. The molecular formula is C30H34N4O. The number of nitrogens with one attached hydrogen (secondary N) is 1. The Hall–Kier alpha value is -2.95. The lowest BCUT2D eigenvalue weighted by Gasteiger charge is -2.61. The van der Waals surface area contributed by atoms with Gasteiger partial charge in [0, 0.05) is 24.2 Å². The zero-order chi connectivity index (χ0) is 23.5. The molecule has 5 heteroatoms. The van der Waals surface area contributed by atoms with Crippen molar-refractivity contribution in [2.45, 2.75) is 76.2 Å². The topological polar surface area (TPSA) is 59.8 Å². The fraction of sp³-hybridized carbons (Fsp3) is 0.500. The highest BCUT2D eigenvalue weighted by atomic mass is 16.2. The number of anilines is 1. The number of carbonyl (C=O) groups is 1. The summed E-state index contributed by atoms with van der Waals surface area (Å²) in [5.41, 5.74) is 3.35. The smallest absolute Gasteiger partial charge is 0.230 e. The number of fused-ring (bicyclic) bond motifs is 1. The van der Waals surface area contributed by atoms with E-state index in [2.05, 4.69) is 62.5 Å². The van der Waals surface area contributed by atoms with E-state index in [4.69, 9.17) is 0 Å². The molecule has 5 aliphatic rings. The molecule has 0 unspecified atom stereocenters. The van der Waals surface area contributed by atoms with Crippen LogP contribution in [0.4, 0.5) is 5.69 Å². The van der Waals surface area contributed by atoms with E-state index in [-0.39, 0.29) is 16.7 Å². The van der Waals surface area contributed by atoms with Crippen LogP contribution in [-0.4, -0.2) is 20.7 Å². The minimum atomic E-state index is -0.233. The number of hydrogen-bond acceptors (Lipinski definition) is 3. The van der Waals surface area contributed by atoms with Crippen molar-refractivity contribution in [2.75, 3.05) is 5.32 Å². The molecule has 3 aromatic rings. The molecule has 8 rings (SSSR count). The maximum absolute atomic E-state index is 13.8. The number of aryl methyl sites for hydroxylation is 1.